The molecule has 5 nitrogen and oxygen atoms in total. The predicted octanol–water partition coefficient (Wildman–Crippen LogP) is 1.52. The molecule has 2 fully saturated rings. The predicted molar refractivity (Wildman–Crippen MR) is 67.1 cm³/mol. The van der Waals surface area contributed by atoms with Gasteiger partial charge in [0.05, 0.1) is 12.1 Å². The number of rotatable bonds is 4. The van der Waals surface area contributed by atoms with Crippen molar-refractivity contribution < 1.29 is 14.3 Å². The van der Waals surface area contributed by atoms with Crippen molar-refractivity contribution in [1.29, 1.82) is 0 Å². The topological polar surface area (TPSA) is 58.6 Å². The third kappa shape index (κ3) is 2.36. The fourth-order valence-corrected chi connectivity index (χ4v) is 2.97. The van der Waals surface area contributed by atoms with Gasteiger partial charge in [0.15, 0.2) is 0 Å². The molecule has 0 bridgehead atoms. The zero-order valence-electron chi connectivity index (χ0n) is 11.3. The molecule has 2 rings (SSSR count). The number of hydrogen-bond donors (Lipinski definition) is 1. The summed E-state index contributed by atoms with van der Waals surface area (Å²) in [6, 6.07) is -0.685. The highest BCUT2D eigenvalue weighted by molar-refractivity contribution is 6.04. The Morgan fingerprint density at radius 3 is 2.72 bits per heavy atom. The number of methoxy groups -OCH3 is 1. The van der Waals surface area contributed by atoms with Crippen LogP contribution in [0.5, 0.6) is 0 Å². The van der Waals surface area contributed by atoms with Crippen LogP contribution in [0.25, 0.3) is 0 Å². The summed E-state index contributed by atoms with van der Waals surface area (Å²) in [6.45, 7) is 4.10. The SMILES string of the molecule is CO[C@@H]1CCC[C@H]1N1C(=O)N[C@@H](CC(C)C)C1=O. The number of amides is 3. The molecule has 0 radical (unpaired) electrons. The summed E-state index contributed by atoms with van der Waals surface area (Å²) in [5.41, 5.74) is 0. The van der Waals surface area contributed by atoms with E-state index in [1.54, 1.807) is 7.11 Å². The number of hydrogen-bond acceptors (Lipinski definition) is 3. The lowest BCUT2D eigenvalue weighted by atomic mass is 10.0. The Balaban J connectivity index is 2.09. The van der Waals surface area contributed by atoms with E-state index in [0.717, 1.165) is 19.3 Å². The zero-order chi connectivity index (χ0) is 13.3. The molecule has 2 aliphatic rings. The smallest absolute Gasteiger partial charge is 0.325 e. The first-order valence-corrected chi connectivity index (χ1v) is 6.71. The van der Waals surface area contributed by atoms with Gasteiger partial charge in [-0.05, 0) is 31.6 Å². The summed E-state index contributed by atoms with van der Waals surface area (Å²) in [4.78, 5) is 25.6. The molecule has 1 aliphatic heterocycles. The molecule has 1 aliphatic carbocycles. The van der Waals surface area contributed by atoms with Gasteiger partial charge in [0.1, 0.15) is 6.04 Å². The van der Waals surface area contributed by atoms with Gasteiger partial charge < -0.3 is 10.1 Å². The monoisotopic (exact) mass is 254 g/mol. The van der Waals surface area contributed by atoms with Crippen LogP contribution in [0, 0.1) is 5.92 Å². The number of urea groups is 1. The molecule has 102 valence electrons. The highest BCUT2D eigenvalue weighted by Crippen LogP contribution is 2.29. The molecule has 1 saturated heterocycles. The minimum Gasteiger partial charge on any atom is -0.379 e. The fraction of sp³-hybridized carbons (Fsp3) is 0.846. The second-order valence-electron chi connectivity index (χ2n) is 5.61. The van der Waals surface area contributed by atoms with E-state index < -0.39 is 0 Å². The van der Waals surface area contributed by atoms with Gasteiger partial charge in [0.25, 0.3) is 5.91 Å². The maximum atomic E-state index is 12.3. The van der Waals surface area contributed by atoms with Crippen molar-refractivity contribution in [2.24, 2.45) is 5.92 Å². The lowest BCUT2D eigenvalue weighted by molar-refractivity contribution is -0.131. The molecule has 0 unspecified atom stereocenters. The van der Waals surface area contributed by atoms with Gasteiger partial charge in [0.2, 0.25) is 0 Å². The molecule has 0 aromatic carbocycles. The summed E-state index contributed by atoms with van der Waals surface area (Å²) >= 11 is 0. The number of nitrogens with zero attached hydrogens (tertiary/aromatic N) is 1. The zero-order valence-corrected chi connectivity index (χ0v) is 11.3. The highest BCUT2D eigenvalue weighted by Gasteiger charge is 2.46. The third-order valence-corrected chi connectivity index (χ3v) is 3.81. The maximum Gasteiger partial charge on any atom is 0.325 e. The van der Waals surface area contributed by atoms with Crippen molar-refractivity contribution in [1.82, 2.24) is 10.2 Å². The first-order chi connectivity index (χ1) is 8.54. The molecule has 1 saturated carbocycles. The van der Waals surface area contributed by atoms with E-state index in [4.69, 9.17) is 4.74 Å². The Morgan fingerprint density at radius 2 is 2.11 bits per heavy atom. The summed E-state index contributed by atoms with van der Waals surface area (Å²) in [5, 5.41) is 2.79. The van der Waals surface area contributed by atoms with Gasteiger partial charge in [0, 0.05) is 7.11 Å². The van der Waals surface area contributed by atoms with Crippen LogP contribution in [0.3, 0.4) is 0 Å². The van der Waals surface area contributed by atoms with Crippen LogP contribution in [-0.2, 0) is 9.53 Å². The molecule has 5 heteroatoms. The van der Waals surface area contributed by atoms with Gasteiger partial charge >= 0.3 is 6.03 Å². The summed E-state index contributed by atoms with van der Waals surface area (Å²) in [6.07, 6.45) is 3.48. The molecule has 0 aromatic rings. The molecule has 3 amide bonds. The van der Waals surface area contributed by atoms with Crippen molar-refractivity contribution in [2.75, 3.05) is 7.11 Å². The summed E-state index contributed by atoms with van der Waals surface area (Å²) in [5.74, 6) is 0.309. The van der Waals surface area contributed by atoms with Crippen LogP contribution in [-0.4, -0.2) is 42.1 Å². The van der Waals surface area contributed by atoms with Crippen LogP contribution < -0.4 is 5.32 Å². The van der Waals surface area contributed by atoms with Crippen LogP contribution in [0.1, 0.15) is 39.5 Å². The number of ether oxygens (including phenoxy) is 1. The van der Waals surface area contributed by atoms with E-state index in [-0.39, 0.29) is 30.1 Å². The van der Waals surface area contributed by atoms with Crippen molar-refractivity contribution in [3.05, 3.63) is 0 Å². The molecular formula is C13H22N2O3. The van der Waals surface area contributed by atoms with Crippen LogP contribution in [0.15, 0.2) is 0 Å². The van der Waals surface area contributed by atoms with Gasteiger partial charge in [-0.2, -0.15) is 0 Å². The summed E-state index contributed by atoms with van der Waals surface area (Å²) in [7, 11) is 1.65. The Bertz CT molecular complexity index is 343. The molecule has 18 heavy (non-hydrogen) atoms. The Kier molecular flexibility index (Phi) is 3.90. The van der Waals surface area contributed by atoms with Crippen molar-refractivity contribution in [3.8, 4) is 0 Å². The molecule has 3 atom stereocenters. The lowest BCUT2D eigenvalue weighted by Gasteiger charge is -2.26. The van der Waals surface area contributed by atoms with Gasteiger partial charge in [-0.3, -0.25) is 9.69 Å². The van der Waals surface area contributed by atoms with Gasteiger partial charge in [-0.15, -0.1) is 0 Å². The molecule has 0 aromatic heterocycles. The standard InChI is InChI=1S/C13H22N2O3/c1-8(2)7-9-12(16)15(13(17)14-9)10-5-4-6-11(10)18-3/h8-11H,4-7H2,1-3H3,(H,14,17)/t9-,10+,11+/m0/s1. The van der Waals surface area contributed by atoms with E-state index in [2.05, 4.69) is 19.2 Å². The maximum absolute atomic E-state index is 12.3. The lowest BCUT2D eigenvalue weighted by Crippen LogP contribution is -2.45. The van der Waals surface area contributed by atoms with Crippen molar-refractivity contribution in [3.63, 3.8) is 0 Å². The second kappa shape index (κ2) is 5.26. The van der Waals surface area contributed by atoms with E-state index in [1.165, 1.54) is 4.90 Å². The number of carbonyl (C=O) groups excluding carboxylic acids is 2. The number of imide groups is 1. The molecular weight excluding hydrogens is 232 g/mol. The van der Waals surface area contributed by atoms with Crippen molar-refractivity contribution in [2.45, 2.75) is 57.7 Å². The van der Waals surface area contributed by atoms with Crippen molar-refractivity contribution >= 4 is 11.9 Å². The first kappa shape index (κ1) is 13.3. The molecule has 0 spiro atoms. The Morgan fingerprint density at radius 1 is 1.39 bits per heavy atom. The van der Waals surface area contributed by atoms with Gasteiger partial charge in [-0.1, -0.05) is 13.8 Å². The minimum absolute atomic E-state index is 0.00231. The Hall–Kier alpha value is -1.10. The quantitative estimate of drug-likeness (QED) is 0.774. The second-order valence-corrected chi connectivity index (χ2v) is 5.61. The fourth-order valence-electron chi connectivity index (χ4n) is 2.97. The van der Waals surface area contributed by atoms with Crippen LogP contribution in [0.2, 0.25) is 0 Å². The average Bonchev–Trinajstić information content (AvgIpc) is 2.84. The van der Waals surface area contributed by atoms with E-state index >= 15 is 0 Å². The minimum atomic E-state index is -0.351. The van der Waals surface area contributed by atoms with E-state index in [9.17, 15) is 9.59 Å². The normalized spacial score (nSPS) is 32.4. The average molecular weight is 254 g/mol. The van der Waals surface area contributed by atoms with E-state index in [1.807, 2.05) is 0 Å². The van der Waals surface area contributed by atoms with Gasteiger partial charge in [-0.25, -0.2) is 4.79 Å². The number of nitrogens with one attached hydrogen (secondary N) is 1. The van der Waals surface area contributed by atoms with Crippen LogP contribution >= 0.6 is 0 Å². The molecule has 1 heterocycles. The highest BCUT2D eigenvalue weighted by atomic mass is 16.5. The first-order valence-electron chi connectivity index (χ1n) is 6.71. The third-order valence-electron chi connectivity index (χ3n) is 3.81. The van der Waals surface area contributed by atoms with Crippen LogP contribution in [0.4, 0.5) is 4.79 Å². The summed E-state index contributed by atoms with van der Waals surface area (Å²) < 4.78 is 5.38. The molecule has 1 N–H and O–H groups in total. The Labute approximate surface area is 108 Å². The van der Waals surface area contributed by atoms with E-state index in [0.29, 0.717) is 12.3 Å². The largest absolute Gasteiger partial charge is 0.379 e. The number of carbonyl (C=O) groups is 2.